The van der Waals surface area contributed by atoms with Crippen LogP contribution >= 0.6 is 0 Å². The van der Waals surface area contributed by atoms with E-state index in [1.165, 1.54) is 24.8 Å². The minimum absolute atomic E-state index is 0.00691. The smallest absolute Gasteiger partial charge is 0.302 e. The van der Waals surface area contributed by atoms with Crippen LogP contribution in [0, 0.1) is 50.7 Å². The molecule has 4 saturated carbocycles. The Balaban J connectivity index is 1.55. The molecule has 1 N–H and O–H groups in total. The first-order chi connectivity index (χ1) is 16.7. The van der Waals surface area contributed by atoms with Crippen LogP contribution in [0.5, 0.6) is 0 Å². The standard InChI is InChI=1S/C32H50O4/c1-19(2)26-22(35)17-32(18-33)16-15-30(7)21(27(26)32)9-10-24-29(6)13-12-25(36-20(3)34)28(4,5)23(29)11-14-31(24,30)8/h19,21,23-25,33H,9-18H2,1-8H3/t21-,23+,24-,25+,29+,30-,31-,32+/m1/s1. The topological polar surface area (TPSA) is 63.6 Å². The van der Waals surface area contributed by atoms with Gasteiger partial charge < -0.3 is 9.84 Å². The number of esters is 1. The fourth-order valence-electron chi connectivity index (χ4n) is 11.3. The predicted octanol–water partition coefficient (Wildman–Crippen LogP) is 6.89. The molecule has 0 radical (unpaired) electrons. The SMILES string of the molecule is CC(=O)O[C@H]1CC[C@]2(C)[C@H]3CC[C@@H]4C5=C(C(C)C)C(=O)C[C@]5(CO)CC[C@@]4(C)[C@]3(C)CC[C@H]2C1(C)C. The maximum absolute atomic E-state index is 13.3. The molecule has 8 atom stereocenters. The summed E-state index contributed by atoms with van der Waals surface area (Å²) in [6.07, 6.45) is 9.36. The number of hydrogen-bond donors (Lipinski definition) is 1. The van der Waals surface area contributed by atoms with Crippen molar-refractivity contribution in [3.8, 4) is 0 Å². The van der Waals surface area contributed by atoms with Gasteiger partial charge in [0.1, 0.15) is 6.10 Å². The fraction of sp³-hybridized carbons (Fsp3) is 0.875. The van der Waals surface area contributed by atoms with Gasteiger partial charge in [-0.15, -0.1) is 0 Å². The minimum Gasteiger partial charge on any atom is -0.462 e. The van der Waals surface area contributed by atoms with Gasteiger partial charge in [-0.2, -0.15) is 0 Å². The van der Waals surface area contributed by atoms with Crippen molar-refractivity contribution >= 4 is 11.8 Å². The van der Waals surface area contributed by atoms with Gasteiger partial charge in [0, 0.05) is 24.2 Å². The molecule has 0 aromatic heterocycles. The van der Waals surface area contributed by atoms with Gasteiger partial charge in [0.05, 0.1) is 6.61 Å². The minimum atomic E-state index is -0.310. The Bertz CT molecular complexity index is 992. The van der Waals surface area contributed by atoms with E-state index in [0.717, 1.165) is 37.7 Å². The molecule has 0 amide bonds. The van der Waals surface area contributed by atoms with E-state index in [9.17, 15) is 14.7 Å². The van der Waals surface area contributed by atoms with Gasteiger partial charge in [0.25, 0.3) is 0 Å². The second-order valence-corrected chi connectivity index (χ2v) is 15.1. The van der Waals surface area contributed by atoms with Crippen molar-refractivity contribution in [3.63, 3.8) is 0 Å². The molecular formula is C32H50O4. The Hall–Kier alpha value is -1.16. The van der Waals surface area contributed by atoms with Gasteiger partial charge in [-0.05, 0) is 96.9 Å². The maximum Gasteiger partial charge on any atom is 0.302 e. The van der Waals surface area contributed by atoms with Gasteiger partial charge >= 0.3 is 5.97 Å². The monoisotopic (exact) mass is 498 g/mol. The average molecular weight is 499 g/mol. The van der Waals surface area contributed by atoms with E-state index < -0.39 is 0 Å². The van der Waals surface area contributed by atoms with Crippen molar-refractivity contribution < 1.29 is 19.4 Å². The summed E-state index contributed by atoms with van der Waals surface area (Å²) < 4.78 is 5.88. The second kappa shape index (κ2) is 8.17. The Labute approximate surface area is 219 Å². The number of carbonyl (C=O) groups is 2. The zero-order valence-electron chi connectivity index (χ0n) is 24.1. The highest BCUT2D eigenvalue weighted by atomic mass is 16.5. The largest absolute Gasteiger partial charge is 0.462 e. The fourth-order valence-corrected chi connectivity index (χ4v) is 11.3. The Morgan fingerprint density at radius 2 is 1.64 bits per heavy atom. The lowest BCUT2D eigenvalue weighted by Gasteiger charge is -2.72. The molecule has 0 aromatic rings. The Morgan fingerprint density at radius 3 is 2.25 bits per heavy atom. The van der Waals surface area contributed by atoms with Crippen LogP contribution in [-0.2, 0) is 14.3 Å². The molecule has 4 fully saturated rings. The summed E-state index contributed by atoms with van der Waals surface area (Å²) in [5.41, 5.74) is 2.66. The van der Waals surface area contributed by atoms with Crippen molar-refractivity contribution in [2.45, 2.75) is 119 Å². The van der Waals surface area contributed by atoms with E-state index in [1.807, 2.05) is 0 Å². The molecule has 4 heteroatoms. The normalized spacial score (nSPS) is 47.7. The highest BCUT2D eigenvalue weighted by Gasteiger charge is 2.70. The van der Waals surface area contributed by atoms with Gasteiger partial charge in [0.15, 0.2) is 5.78 Å². The molecular weight excluding hydrogens is 448 g/mol. The van der Waals surface area contributed by atoms with E-state index in [1.54, 1.807) is 6.92 Å². The molecule has 5 rings (SSSR count). The number of aliphatic hydroxyl groups is 1. The van der Waals surface area contributed by atoms with Crippen LogP contribution in [0.4, 0.5) is 0 Å². The molecule has 5 aliphatic carbocycles. The first-order valence-corrected chi connectivity index (χ1v) is 14.7. The summed E-state index contributed by atoms with van der Waals surface area (Å²) in [5, 5.41) is 10.7. The molecule has 4 nitrogen and oxygen atoms in total. The summed E-state index contributed by atoms with van der Waals surface area (Å²) in [4.78, 5) is 25.2. The van der Waals surface area contributed by atoms with Crippen LogP contribution < -0.4 is 0 Å². The van der Waals surface area contributed by atoms with Crippen LogP contribution in [-0.4, -0.2) is 29.6 Å². The van der Waals surface area contributed by atoms with E-state index >= 15 is 0 Å². The predicted molar refractivity (Wildman–Crippen MR) is 142 cm³/mol. The average Bonchev–Trinajstić information content (AvgIpc) is 3.09. The van der Waals surface area contributed by atoms with Gasteiger partial charge in [-0.1, -0.05) is 54.0 Å². The Morgan fingerprint density at radius 1 is 0.944 bits per heavy atom. The maximum atomic E-state index is 13.3. The van der Waals surface area contributed by atoms with E-state index in [-0.39, 0.29) is 51.7 Å². The number of ketones is 1. The zero-order valence-corrected chi connectivity index (χ0v) is 24.1. The molecule has 0 unspecified atom stereocenters. The summed E-state index contributed by atoms with van der Waals surface area (Å²) in [5.74, 6) is 1.94. The molecule has 5 aliphatic rings. The van der Waals surface area contributed by atoms with Gasteiger partial charge in [-0.3, -0.25) is 9.59 Å². The van der Waals surface area contributed by atoms with Crippen LogP contribution in [0.1, 0.15) is 113 Å². The number of hydrogen-bond acceptors (Lipinski definition) is 4. The molecule has 202 valence electrons. The van der Waals surface area contributed by atoms with Crippen molar-refractivity contribution in [3.05, 3.63) is 11.1 Å². The number of carbonyl (C=O) groups excluding carboxylic acids is 2. The summed E-state index contributed by atoms with van der Waals surface area (Å²) in [7, 11) is 0. The van der Waals surface area contributed by atoms with Crippen LogP contribution in [0.2, 0.25) is 0 Å². The molecule has 0 bridgehead atoms. The quantitative estimate of drug-likeness (QED) is 0.430. The highest BCUT2D eigenvalue weighted by molar-refractivity contribution is 6.00. The first-order valence-electron chi connectivity index (χ1n) is 14.7. The van der Waals surface area contributed by atoms with E-state index in [0.29, 0.717) is 30.0 Å². The van der Waals surface area contributed by atoms with Crippen molar-refractivity contribution in [2.24, 2.45) is 50.7 Å². The lowest BCUT2D eigenvalue weighted by atomic mass is 9.33. The van der Waals surface area contributed by atoms with Crippen LogP contribution in [0.3, 0.4) is 0 Å². The number of fused-ring (bicyclic) bond motifs is 7. The third-order valence-corrected chi connectivity index (χ3v) is 13.1. The van der Waals surface area contributed by atoms with Crippen molar-refractivity contribution in [1.29, 1.82) is 0 Å². The molecule has 0 heterocycles. The lowest BCUT2D eigenvalue weighted by Crippen LogP contribution is -2.65. The number of rotatable bonds is 3. The van der Waals surface area contributed by atoms with Crippen LogP contribution in [0.25, 0.3) is 0 Å². The van der Waals surface area contributed by atoms with E-state index in [2.05, 4.69) is 48.5 Å². The van der Waals surface area contributed by atoms with Gasteiger partial charge in [-0.25, -0.2) is 0 Å². The first kappa shape index (κ1) is 26.4. The summed E-state index contributed by atoms with van der Waals surface area (Å²) >= 11 is 0. The molecule has 0 aromatic carbocycles. The number of ether oxygens (including phenoxy) is 1. The zero-order chi connectivity index (χ0) is 26.5. The van der Waals surface area contributed by atoms with E-state index in [4.69, 9.17) is 4.74 Å². The van der Waals surface area contributed by atoms with Crippen LogP contribution in [0.15, 0.2) is 11.1 Å². The van der Waals surface area contributed by atoms with Gasteiger partial charge in [0.2, 0.25) is 0 Å². The molecule has 0 spiro atoms. The molecule has 0 saturated heterocycles. The van der Waals surface area contributed by atoms with Crippen molar-refractivity contribution in [1.82, 2.24) is 0 Å². The van der Waals surface area contributed by atoms with Crippen molar-refractivity contribution in [2.75, 3.05) is 6.61 Å². The number of allylic oxidation sites excluding steroid dienone is 1. The Kier molecular flexibility index (Phi) is 6.00. The third-order valence-electron chi connectivity index (χ3n) is 13.1. The molecule has 0 aliphatic heterocycles. The second-order valence-electron chi connectivity index (χ2n) is 15.1. The lowest BCUT2D eigenvalue weighted by molar-refractivity contribution is -0.233. The molecule has 36 heavy (non-hydrogen) atoms. The number of aliphatic hydroxyl groups excluding tert-OH is 1. The summed E-state index contributed by atoms with van der Waals surface area (Å²) in [6, 6.07) is 0. The highest BCUT2D eigenvalue weighted by Crippen LogP contribution is 2.76. The summed E-state index contributed by atoms with van der Waals surface area (Å²) in [6.45, 7) is 18.4. The third kappa shape index (κ3) is 3.21. The number of Topliss-reactive ketones (excluding diaryl/α,β-unsaturated/α-hetero) is 1.